The number of nitrogens with zero attached hydrogens (tertiary/aromatic N) is 1. The van der Waals surface area contributed by atoms with Crippen molar-refractivity contribution in [1.29, 1.82) is 5.26 Å². The number of aryl methyl sites for hydroxylation is 2. The molecule has 1 atom stereocenters. The van der Waals surface area contributed by atoms with Gasteiger partial charge in [-0.3, -0.25) is 9.59 Å². The first-order valence-corrected chi connectivity index (χ1v) is 8.09. The van der Waals surface area contributed by atoms with Crippen molar-refractivity contribution < 1.29 is 14.3 Å². The molecule has 0 aliphatic rings. The summed E-state index contributed by atoms with van der Waals surface area (Å²) in [5.41, 5.74) is 3.05. The van der Waals surface area contributed by atoms with Crippen LogP contribution < -0.4 is 10.1 Å². The van der Waals surface area contributed by atoms with Crippen LogP contribution in [-0.4, -0.2) is 18.8 Å². The van der Waals surface area contributed by atoms with E-state index in [4.69, 9.17) is 4.74 Å². The molecule has 2 aromatic carbocycles. The molecular formula is C21H20N2O3. The molecule has 0 aromatic heterocycles. The van der Waals surface area contributed by atoms with Crippen LogP contribution in [-0.2, 0) is 9.59 Å². The van der Waals surface area contributed by atoms with E-state index in [-0.39, 0.29) is 0 Å². The summed E-state index contributed by atoms with van der Waals surface area (Å²) in [6.45, 7) is 3.71. The fraction of sp³-hybridized carbons (Fsp3) is 0.190. The standard InChI is InChI=1S/C21H20N2O3/c1-14-7-6-8-15(2)20(14)23-21(25)17(13-22)18(24)12-11-16-9-4-5-10-19(16)26-3/h4-12,17H,1-3H3,(H,23,25)/b12-11+/t17-/m1/s1. The quantitative estimate of drug-likeness (QED) is 0.638. The number of benzene rings is 2. The third-order valence-corrected chi connectivity index (χ3v) is 3.97. The van der Waals surface area contributed by atoms with E-state index in [1.54, 1.807) is 18.2 Å². The Kier molecular flexibility index (Phi) is 6.29. The number of anilines is 1. The molecule has 0 spiro atoms. The highest BCUT2D eigenvalue weighted by atomic mass is 16.5. The van der Waals surface area contributed by atoms with Gasteiger partial charge in [0.15, 0.2) is 11.7 Å². The molecule has 0 saturated carbocycles. The van der Waals surface area contributed by atoms with Crippen LogP contribution in [0.25, 0.3) is 6.08 Å². The van der Waals surface area contributed by atoms with Crippen LogP contribution in [0, 0.1) is 31.1 Å². The van der Waals surface area contributed by atoms with Gasteiger partial charge in [0.1, 0.15) is 5.75 Å². The number of hydrogen-bond donors (Lipinski definition) is 1. The summed E-state index contributed by atoms with van der Waals surface area (Å²) < 4.78 is 5.21. The highest BCUT2D eigenvalue weighted by Gasteiger charge is 2.25. The number of nitriles is 1. The maximum Gasteiger partial charge on any atom is 0.249 e. The van der Waals surface area contributed by atoms with Gasteiger partial charge in [0.25, 0.3) is 0 Å². The monoisotopic (exact) mass is 348 g/mol. The largest absolute Gasteiger partial charge is 0.496 e. The van der Waals surface area contributed by atoms with Crippen molar-refractivity contribution >= 4 is 23.5 Å². The van der Waals surface area contributed by atoms with Gasteiger partial charge in [0, 0.05) is 11.3 Å². The molecule has 5 nitrogen and oxygen atoms in total. The van der Waals surface area contributed by atoms with Crippen molar-refractivity contribution in [3.63, 3.8) is 0 Å². The van der Waals surface area contributed by atoms with E-state index in [1.165, 1.54) is 19.3 Å². The lowest BCUT2D eigenvalue weighted by Crippen LogP contribution is -2.28. The molecule has 0 aliphatic carbocycles. The molecule has 1 N–H and O–H groups in total. The highest BCUT2D eigenvalue weighted by Crippen LogP contribution is 2.21. The van der Waals surface area contributed by atoms with E-state index in [0.717, 1.165) is 11.1 Å². The lowest BCUT2D eigenvalue weighted by Gasteiger charge is -2.13. The predicted octanol–water partition coefficient (Wildman–Crippen LogP) is 3.67. The molecule has 2 rings (SSSR count). The number of amides is 1. The fourth-order valence-corrected chi connectivity index (χ4v) is 2.53. The SMILES string of the molecule is COc1ccccc1/C=C/C(=O)[C@@H](C#N)C(=O)Nc1c(C)cccc1C. The Morgan fingerprint density at radius 1 is 1.12 bits per heavy atom. The zero-order valence-electron chi connectivity index (χ0n) is 14.9. The molecule has 0 saturated heterocycles. The third-order valence-electron chi connectivity index (χ3n) is 3.97. The van der Waals surface area contributed by atoms with Gasteiger partial charge in [-0.25, -0.2) is 0 Å². The Balaban J connectivity index is 2.17. The number of methoxy groups -OCH3 is 1. The maximum atomic E-state index is 12.4. The normalized spacial score (nSPS) is 11.6. The van der Waals surface area contributed by atoms with Gasteiger partial charge in [-0.05, 0) is 43.2 Å². The number of carbonyl (C=O) groups is 2. The van der Waals surface area contributed by atoms with Gasteiger partial charge < -0.3 is 10.1 Å². The van der Waals surface area contributed by atoms with Gasteiger partial charge in [-0.15, -0.1) is 0 Å². The molecule has 0 unspecified atom stereocenters. The molecule has 0 bridgehead atoms. The number of hydrogen-bond acceptors (Lipinski definition) is 4. The van der Waals surface area contributed by atoms with Crippen LogP contribution in [0.1, 0.15) is 16.7 Å². The third kappa shape index (κ3) is 4.37. The Hall–Kier alpha value is -3.39. The highest BCUT2D eigenvalue weighted by molar-refractivity contribution is 6.14. The summed E-state index contributed by atoms with van der Waals surface area (Å²) in [5.74, 6) is -2.04. The fourth-order valence-electron chi connectivity index (χ4n) is 2.53. The zero-order valence-corrected chi connectivity index (χ0v) is 14.9. The first kappa shape index (κ1) is 18.9. The van der Waals surface area contributed by atoms with Crippen LogP contribution in [0.5, 0.6) is 5.75 Å². The van der Waals surface area contributed by atoms with Gasteiger partial charge in [0.2, 0.25) is 5.91 Å². The van der Waals surface area contributed by atoms with Crippen LogP contribution in [0.15, 0.2) is 48.5 Å². The summed E-state index contributed by atoms with van der Waals surface area (Å²) in [5, 5.41) is 12.0. The van der Waals surface area contributed by atoms with Gasteiger partial charge in [0.05, 0.1) is 13.2 Å². The van der Waals surface area contributed by atoms with E-state index >= 15 is 0 Å². The van der Waals surface area contributed by atoms with E-state index in [1.807, 2.05) is 44.2 Å². The van der Waals surface area contributed by atoms with E-state index in [2.05, 4.69) is 5.32 Å². The minimum absolute atomic E-state index is 0.581. The van der Waals surface area contributed by atoms with E-state index in [0.29, 0.717) is 17.0 Å². The molecule has 2 aromatic rings. The molecular weight excluding hydrogens is 328 g/mol. The van der Waals surface area contributed by atoms with Crippen molar-refractivity contribution in [2.45, 2.75) is 13.8 Å². The number of rotatable bonds is 6. The molecule has 0 fully saturated rings. The van der Waals surface area contributed by atoms with Crippen LogP contribution >= 0.6 is 0 Å². The first-order chi connectivity index (χ1) is 12.5. The summed E-state index contributed by atoms with van der Waals surface area (Å²) in [6, 6.07) is 14.5. The minimum Gasteiger partial charge on any atom is -0.496 e. The van der Waals surface area contributed by atoms with Gasteiger partial charge in [-0.1, -0.05) is 36.4 Å². The maximum absolute atomic E-state index is 12.4. The van der Waals surface area contributed by atoms with Crippen LogP contribution in [0.3, 0.4) is 0 Å². The van der Waals surface area contributed by atoms with Crippen molar-refractivity contribution in [1.82, 2.24) is 0 Å². The van der Waals surface area contributed by atoms with Crippen molar-refractivity contribution in [2.24, 2.45) is 5.92 Å². The molecule has 1 amide bonds. The first-order valence-electron chi connectivity index (χ1n) is 8.09. The lowest BCUT2D eigenvalue weighted by molar-refractivity contribution is -0.126. The number of allylic oxidation sites excluding steroid dienone is 1. The average Bonchev–Trinajstić information content (AvgIpc) is 2.64. The number of ether oxygens (including phenoxy) is 1. The summed E-state index contributed by atoms with van der Waals surface area (Å²) in [4.78, 5) is 24.7. The second-order valence-corrected chi connectivity index (χ2v) is 5.80. The average molecular weight is 348 g/mol. The summed E-state index contributed by atoms with van der Waals surface area (Å²) in [6.07, 6.45) is 2.77. The summed E-state index contributed by atoms with van der Waals surface area (Å²) >= 11 is 0. The molecule has 0 heterocycles. The topological polar surface area (TPSA) is 79.2 Å². The van der Waals surface area contributed by atoms with E-state index < -0.39 is 17.6 Å². The van der Waals surface area contributed by atoms with Crippen molar-refractivity contribution in [3.05, 3.63) is 65.2 Å². The van der Waals surface area contributed by atoms with Gasteiger partial charge >= 0.3 is 0 Å². The smallest absolute Gasteiger partial charge is 0.249 e. The number of para-hydroxylation sites is 2. The second-order valence-electron chi connectivity index (χ2n) is 5.80. The Morgan fingerprint density at radius 3 is 2.38 bits per heavy atom. The van der Waals surface area contributed by atoms with Crippen LogP contribution in [0.2, 0.25) is 0 Å². The lowest BCUT2D eigenvalue weighted by atomic mass is 10.0. The number of ketones is 1. The van der Waals surface area contributed by atoms with Gasteiger partial charge in [-0.2, -0.15) is 5.26 Å². The van der Waals surface area contributed by atoms with Crippen LogP contribution in [0.4, 0.5) is 5.69 Å². The Morgan fingerprint density at radius 2 is 1.77 bits per heavy atom. The molecule has 132 valence electrons. The molecule has 26 heavy (non-hydrogen) atoms. The molecule has 0 aliphatic heterocycles. The molecule has 0 radical (unpaired) electrons. The van der Waals surface area contributed by atoms with E-state index in [9.17, 15) is 14.9 Å². The number of nitrogens with one attached hydrogen (secondary N) is 1. The summed E-state index contributed by atoms with van der Waals surface area (Å²) in [7, 11) is 1.53. The predicted molar refractivity (Wildman–Crippen MR) is 101 cm³/mol. The number of carbonyl (C=O) groups excluding carboxylic acids is 2. The second kappa shape index (κ2) is 8.63. The minimum atomic E-state index is -1.42. The van der Waals surface area contributed by atoms with Crippen molar-refractivity contribution in [2.75, 3.05) is 12.4 Å². The zero-order chi connectivity index (χ0) is 19.1. The van der Waals surface area contributed by atoms with Crippen molar-refractivity contribution in [3.8, 4) is 11.8 Å². The Bertz CT molecular complexity index is 874. The molecule has 5 heteroatoms. The Labute approximate surface area is 152 Å².